The van der Waals surface area contributed by atoms with E-state index in [1.165, 1.54) is 5.69 Å². The molecule has 0 bridgehead atoms. The molecule has 5 nitrogen and oxygen atoms in total. The molecule has 0 aliphatic carbocycles. The second-order valence-electron chi connectivity index (χ2n) is 6.48. The highest BCUT2D eigenvalue weighted by Crippen LogP contribution is 2.31. The third kappa shape index (κ3) is 4.17. The van der Waals surface area contributed by atoms with Crippen molar-refractivity contribution in [1.29, 1.82) is 0 Å². The molecule has 2 aromatic rings. The zero-order chi connectivity index (χ0) is 17.6. The van der Waals surface area contributed by atoms with Crippen LogP contribution in [0.2, 0.25) is 0 Å². The molecule has 1 fully saturated rings. The number of nitrogens with zero attached hydrogens (tertiary/aromatic N) is 1. The first-order valence-electron chi connectivity index (χ1n) is 8.76. The van der Waals surface area contributed by atoms with Gasteiger partial charge in [0.15, 0.2) is 0 Å². The van der Waals surface area contributed by atoms with Crippen molar-refractivity contribution >= 4 is 11.4 Å². The summed E-state index contributed by atoms with van der Waals surface area (Å²) in [5.74, 6) is 1.30. The summed E-state index contributed by atoms with van der Waals surface area (Å²) in [5.41, 5.74) is 3.06. The van der Waals surface area contributed by atoms with E-state index in [0.717, 1.165) is 37.2 Å². The average molecular weight is 342 g/mol. The second kappa shape index (κ2) is 8.12. The first-order valence-corrected chi connectivity index (χ1v) is 8.76. The molecule has 2 aromatic carbocycles. The van der Waals surface area contributed by atoms with Gasteiger partial charge in [-0.2, -0.15) is 0 Å². The van der Waals surface area contributed by atoms with Crippen LogP contribution in [0.25, 0.3) is 0 Å². The van der Waals surface area contributed by atoms with Crippen LogP contribution in [-0.2, 0) is 6.54 Å². The molecule has 5 heteroatoms. The summed E-state index contributed by atoms with van der Waals surface area (Å²) >= 11 is 0. The summed E-state index contributed by atoms with van der Waals surface area (Å²) in [6.07, 6.45) is 2.04. The fourth-order valence-corrected chi connectivity index (χ4v) is 3.27. The number of nitrogens with one attached hydrogen (secondary N) is 1. The Morgan fingerprint density at radius 3 is 2.60 bits per heavy atom. The maximum Gasteiger partial charge on any atom is 0.124 e. The maximum atomic E-state index is 10.1. The summed E-state index contributed by atoms with van der Waals surface area (Å²) in [5, 5.41) is 22.9. The van der Waals surface area contributed by atoms with E-state index < -0.39 is 0 Å². The number of phenols is 1. The molecule has 25 heavy (non-hydrogen) atoms. The number of hydrogen-bond donors (Lipinski definition) is 3. The summed E-state index contributed by atoms with van der Waals surface area (Å²) < 4.78 is 5.12. The molecular formula is C20H26N2O3. The van der Waals surface area contributed by atoms with Crippen LogP contribution in [0.15, 0.2) is 42.5 Å². The topological polar surface area (TPSA) is 65.0 Å². The van der Waals surface area contributed by atoms with Crippen molar-refractivity contribution in [2.24, 2.45) is 5.92 Å². The number of methoxy groups -OCH3 is 1. The molecule has 0 atom stereocenters. The van der Waals surface area contributed by atoms with Crippen molar-refractivity contribution < 1.29 is 14.9 Å². The fraction of sp³-hybridized carbons (Fsp3) is 0.400. The van der Waals surface area contributed by atoms with Crippen molar-refractivity contribution in [2.45, 2.75) is 19.4 Å². The van der Waals surface area contributed by atoms with Gasteiger partial charge in [0, 0.05) is 37.9 Å². The van der Waals surface area contributed by atoms with E-state index in [-0.39, 0.29) is 12.4 Å². The van der Waals surface area contributed by atoms with E-state index in [1.807, 2.05) is 24.3 Å². The third-order valence-electron chi connectivity index (χ3n) is 4.88. The lowest BCUT2D eigenvalue weighted by Gasteiger charge is -2.34. The minimum absolute atomic E-state index is 0.230. The summed E-state index contributed by atoms with van der Waals surface area (Å²) in [6, 6.07) is 13.6. The Labute approximate surface area is 148 Å². The average Bonchev–Trinajstić information content (AvgIpc) is 2.67. The zero-order valence-corrected chi connectivity index (χ0v) is 14.6. The van der Waals surface area contributed by atoms with Gasteiger partial charge in [0.1, 0.15) is 11.5 Å². The molecule has 3 rings (SSSR count). The quantitative estimate of drug-likeness (QED) is 0.752. The Morgan fingerprint density at radius 1 is 1.16 bits per heavy atom. The van der Waals surface area contributed by atoms with E-state index in [2.05, 4.69) is 22.3 Å². The number of ether oxygens (including phenoxy) is 1. The standard InChI is InChI=1S/C20H26N2O3/c1-25-17-7-6-16(20(24)12-17)13-21-18-4-2-3-5-19(18)22-10-8-15(14-23)9-11-22/h2-7,12,15,21,23-24H,8-11,13-14H2,1H3. The number of hydrogen-bond acceptors (Lipinski definition) is 5. The number of para-hydroxylation sites is 2. The van der Waals surface area contributed by atoms with Gasteiger partial charge in [-0.25, -0.2) is 0 Å². The number of rotatable bonds is 6. The molecule has 1 saturated heterocycles. The largest absolute Gasteiger partial charge is 0.507 e. The van der Waals surface area contributed by atoms with Gasteiger partial charge in [-0.15, -0.1) is 0 Å². The van der Waals surface area contributed by atoms with Crippen LogP contribution >= 0.6 is 0 Å². The summed E-state index contributed by atoms with van der Waals surface area (Å²) in [6.45, 7) is 2.74. The van der Waals surface area contributed by atoms with Crippen molar-refractivity contribution in [2.75, 3.05) is 37.0 Å². The SMILES string of the molecule is COc1ccc(CNc2ccccc2N2CCC(CO)CC2)c(O)c1. The van der Waals surface area contributed by atoms with Crippen LogP contribution in [0.3, 0.4) is 0 Å². The van der Waals surface area contributed by atoms with Gasteiger partial charge >= 0.3 is 0 Å². The molecule has 0 amide bonds. The van der Waals surface area contributed by atoms with Crippen molar-refractivity contribution in [1.82, 2.24) is 0 Å². The zero-order valence-electron chi connectivity index (χ0n) is 14.6. The van der Waals surface area contributed by atoms with Gasteiger partial charge in [0.2, 0.25) is 0 Å². The van der Waals surface area contributed by atoms with E-state index in [1.54, 1.807) is 13.2 Å². The molecule has 1 aliphatic heterocycles. The number of aliphatic hydroxyl groups excluding tert-OH is 1. The smallest absolute Gasteiger partial charge is 0.124 e. The van der Waals surface area contributed by atoms with Crippen LogP contribution in [0.5, 0.6) is 11.5 Å². The van der Waals surface area contributed by atoms with Crippen molar-refractivity contribution in [3.05, 3.63) is 48.0 Å². The van der Waals surface area contributed by atoms with Crippen molar-refractivity contribution in [3.63, 3.8) is 0 Å². The van der Waals surface area contributed by atoms with Crippen molar-refractivity contribution in [3.8, 4) is 11.5 Å². The lowest BCUT2D eigenvalue weighted by molar-refractivity contribution is 0.203. The summed E-state index contributed by atoms with van der Waals surface area (Å²) in [4.78, 5) is 2.36. The predicted octanol–water partition coefficient (Wildman–Crippen LogP) is 3.22. The number of anilines is 2. The van der Waals surface area contributed by atoms with Gasteiger partial charge in [-0.1, -0.05) is 12.1 Å². The lowest BCUT2D eigenvalue weighted by atomic mass is 9.97. The van der Waals surface area contributed by atoms with Gasteiger partial charge in [0.25, 0.3) is 0 Å². The van der Waals surface area contributed by atoms with Crippen LogP contribution in [0, 0.1) is 5.92 Å². The van der Waals surface area contributed by atoms with Crippen LogP contribution in [-0.4, -0.2) is 37.0 Å². The molecule has 0 aromatic heterocycles. The second-order valence-corrected chi connectivity index (χ2v) is 6.48. The third-order valence-corrected chi connectivity index (χ3v) is 4.88. The number of benzene rings is 2. The predicted molar refractivity (Wildman–Crippen MR) is 100 cm³/mol. The Bertz CT molecular complexity index is 697. The molecular weight excluding hydrogens is 316 g/mol. The molecule has 134 valence electrons. The fourth-order valence-electron chi connectivity index (χ4n) is 3.27. The summed E-state index contributed by atoms with van der Waals surface area (Å²) in [7, 11) is 1.59. The minimum Gasteiger partial charge on any atom is -0.507 e. The highest BCUT2D eigenvalue weighted by atomic mass is 16.5. The Morgan fingerprint density at radius 2 is 1.92 bits per heavy atom. The normalized spacial score (nSPS) is 15.2. The number of aliphatic hydroxyl groups is 1. The van der Waals surface area contributed by atoms with Crippen LogP contribution < -0.4 is 15.0 Å². The monoisotopic (exact) mass is 342 g/mol. The minimum atomic E-state index is 0.230. The molecule has 0 spiro atoms. The highest BCUT2D eigenvalue weighted by Gasteiger charge is 2.20. The molecule has 1 heterocycles. The van der Waals surface area contributed by atoms with E-state index in [0.29, 0.717) is 18.2 Å². The van der Waals surface area contributed by atoms with Crippen LogP contribution in [0.4, 0.5) is 11.4 Å². The van der Waals surface area contributed by atoms with Gasteiger partial charge in [-0.05, 0) is 43.0 Å². The Kier molecular flexibility index (Phi) is 5.66. The molecule has 1 aliphatic rings. The lowest BCUT2D eigenvalue weighted by Crippen LogP contribution is -2.35. The molecule has 3 N–H and O–H groups in total. The highest BCUT2D eigenvalue weighted by molar-refractivity contribution is 5.70. The maximum absolute atomic E-state index is 10.1. The number of aromatic hydroxyl groups is 1. The van der Waals surface area contributed by atoms with Gasteiger partial charge in [-0.3, -0.25) is 0 Å². The molecule has 0 radical (unpaired) electrons. The Hall–Kier alpha value is -2.40. The van der Waals surface area contributed by atoms with Gasteiger partial charge in [0.05, 0.1) is 18.5 Å². The van der Waals surface area contributed by atoms with Gasteiger partial charge < -0.3 is 25.2 Å². The molecule has 0 unspecified atom stereocenters. The van der Waals surface area contributed by atoms with E-state index in [4.69, 9.17) is 4.74 Å². The van der Waals surface area contributed by atoms with E-state index in [9.17, 15) is 10.2 Å². The van der Waals surface area contributed by atoms with E-state index >= 15 is 0 Å². The number of piperidine rings is 1. The number of phenolic OH excluding ortho intramolecular Hbond substituents is 1. The first kappa shape index (κ1) is 17.4. The van der Waals surface area contributed by atoms with Crippen LogP contribution in [0.1, 0.15) is 18.4 Å². The first-order chi connectivity index (χ1) is 12.2. The Balaban J connectivity index is 1.69. The molecule has 0 saturated carbocycles.